The van der Waals surface area contributed by atoms with Crippen LogP contribution < -0.4 is 0 Å². The standard InChI is InChI=1S/C12H23NO2/c1-6-10(14)15-13-11(2,3)8-7-9-12(13,4)5/h6-9H2,1-5H3. The topological polar surface area (TPSA) is 29.5 Å². The zero-order valence-electron chi connectivity index (χ0n) is 10.6. The Labute approximate surface area is 92.7 Å². The molecule has 1 rings (SSSR count). The normalized spacial score (nSPS) is 24.9. The molecule has 0 bridgehead atoms. The molecule has 0 aromatic heterocycles. The van der Waals surface area contributed by atoms with Crippen molar-refractivity contribution in [2.24, 2.45) is 0 Å². The Morgan fingerprint density at radius 2 is 1.67 bits per heavy atom. The third kappa shape index (κ3) is 2.71. The van der Waals surface area contributed by atoms with E-state index in [1.165, 1.54) is 6.42 Å². The molecule has 1 aliphatic heterocycles. The van der Waals surface area contributed by atoms with Crippen LogP contribution in [0, 0.1) is 0 Å². The van der Waals surface area contributed by atoms with Crippen molar-refractivity contribution in [1.29, 1.82) is 0 Å². The predicted molar refractivity (Wildman–Crippen MR) is 60.2 cm³/mol. The highest BCUT2D eigenvalue weighted by Gasteiger charge is 2.44. The summed E-state index contributed by atoms with van der Waals surface area (Å²) in [5.74, 6) is -0.141. The van der Waals surface area contributed by atoms with E-state index in [1.807, 2.05) is 12.0 Å². The number of nitrogens with zero attached hydrogens (tertiary/aromatic N) is 1. The van der Waals surface area contributed by atoms with Gasteiger partial charge < -0.3 is 4.84 Å². The van der Waals surface area contributed by atoms with E-state index in [0.29, 0.717) is 6.42 Å². The fraction of sp³-hybridized carbons (Fsp3) is 0.917. The van der Waals surface area contributed by atoms with Crippen LogP contribution in [-0.4, -0.2) is 22.1 Å². The van der Waals surface area contributed by atoms with Crippen LogP contribution in [0.15, 0.2) is 0 Å². The Morgan fingerprint density at radius 3 is 2.07 bits per heavy atom. The van der Waals surface area contributed by atoms with Gasteiger partial charge in [-0.3, -0.25) is 4.79 Å². The molecule has 3 nitrogen and oxygen atoms in total. The van der Waals surface area contributed by atoms with Crippen LogP contribution in [0.5, 0.6) is 0 Å². The van der Waals surface area contributed by atoms with Crippen molar-refractivity contribution in [1.82, 2.24) is 5.06 Å². The minimum Gasteiger partial charge on any atom is -0.367 e. The molecule has 1 heterocycles. The second-order valence-corrected chi connectivity index (χ2v) is 5.59. The molecular formula is C12H23NO2. The van der Waals surface area contributed by atoms with Gasteiger partial charge in [0.2, 0.25) is 0 Å². The average Bonchev–Trinajstić information content (AvgIpc) is 2.10. The molecule has 0 aromatic rings. The van der Waals surface area contributed by atoms with Gasteiger partial charge in [-0.05, 0) is 47.0 Å². The van der Waals surface area contributed by atoms with Gasteiger partial charge in [0.25, 0.3) is 0 Å². The van der Waals surface area contributed by atoms with Crippen LogP contribution in [0.2, 0.25) is 0 Å². The van der Waals surface area contributed by atoms with Gasteiger partial charge in [0.15, 0.2) is 0 Å². The van der Waals surface area contributed by atoms with Gasteiger partial charge in [-0.25, -0.2) is 0 Å². The first-order chi connectivity index (χ1) is 6.79. The molecule has 0 spiro atoms. The van der Waals surface area contributed by atoms with Crippen molar-refractivity contribution >= 4 is 5.97 Å². The van der Waals surface area contributed by atoms with Crippen molar-refractivity contribution in [3.05, 3.63) is 0 Å². The number of piperidine rings is 1. The highest BCUT2D eigenvalue weighted by molar-refractivity contribution is 5.68. The summed E-state index contributed by atoms with van der Waals surface area (Å²) in [6.45, 7) is 10.4. The van der Waals surface area contributed by atoms with Crippen LogP contribution in [0.4, 0.5) is 0 Å². The second kappa shape index (κ2) is 4.12. The Morgan fingerprint density at radius 1 is 1.20 bits per heavy atom. The molecule has 88 valence electrons. The third-order valence-electron chi connectivity index (χ3n) is 3.16. The fourth-order valence-electron chi connectivity index (χ4n) is 2.39. The lowest BCUT2D eigenvalue weighted by molar-refractivity contribution is -0.265. The second-order valence-electron chi connectivity index (χ2n) is 5.59. The molecule has 0 N–H and O–H groups in total. The van der Waals surface area contributed by atoms with Crippen LogP contribution in [0.1, 0.15) is 60.3 Å². The van der Waals surface area contributed by atoms with Gasteiger partial charge in [0.05, 0.1) is 11.1 Å². The summed E-state index contributed by atoms with van der Waals surface area (Å²) < 4.78 is 0. The van der Waals surface area contributed by atoms with Crippen molar-refractivity contribution in [2.75, 3.05) is 0 Å². The minimum absolute atomic E-state index is 0.0490. The van der Waals surface area contributed by atoms with E-state index in [-0.39, 0.29) is 17.0 Å². The predicted octanol–water partition coefficient (Wildman–Crippen LogP) is 2.90. The van der Waals surface area contributed by atoms with Crippen LogP contribution in [0.3, 0.4) is 0 Å². The van der Waals surface area contributed by atoms with Crippen LogP contribution in [-0.2, 0) is 9.63 Å². The molecule has 0 unspecified atom stereocenters. The lowest BCUT2D eigenvalue weighted by atomic mass is 9.82. The Hall–Kier alpha value is -0.570. The van der Waals surface area contributed by atoms with Gasteiger partial charge in [-0.1, -0.05) is 6.92 Å². The molecule has 1 fully saturated rings. The number of hydroxylamine groups is 2. The van der Waals surface area contributed by atoms with Crippen molar-refractivity contribution < 1.29 is 9.63 Å². The number of rotatable bonds is 2. The molecule has 0 aromatic carbocycles. The zero-order valence-corrected chi connectivity index (χ0v) is 10.6. The van der Waals surface area contributed by atoms with Crippen molar-refractivity contribution in [3.63, 3.8) is 0 Å². The average molecular weight is 213 g/mol. The number of carbonyl (C=O) groups excluding carboxylic acids is 1. The highest BCUT2D eigenvalue weighted by Crippen LogP contribution is 2.38. The van der Waals surface area contributed by atoms with E-state index in [4.69, 9.17) is 4.84 Å². The van der Waals surface area contributed by atoms with E-state index in [0.717, 1.165) is 12.8 Å². The highest BCUT2D eigenvalue weighted by atomic mass is 16.7. The summed E-state index contributed by atoms with van der Waals surface area (Å²) in [5, 5.41) is 1.90. The fourth-order valence-corrected chi connectivity index (χ4v) is 2.39. The summed E-state index contributed by atoms with van der Waals surface area (Å²) in [6, 6.07) is 0. The maximum Gasteiger partial charge on any atom is 0.324 e. The van der Waals surface area contributed by atoms with Gasteiger partial charge in [-0.2, -0.15) is 0 Å². The van der Waals surface area contributed by atoms with E-state index < -0.39 is 0 Å². The lowest BCUT2D eigenvalue weighted by Gasteiger charge is -2.50. The summed E-state index contributed by atoms with van der Waals surface area (Å²) in [4.78, 5) is 16.9. The third-order valence-corrected chi connectivity index (χ3v) is 3.16. The molecule has 15 heavy (non-hydrogen) atoms. The maximum atomic E-state index is 11.4. The maximum absolute atomic E-state index is 11.4. The Kier molecular flexibility index (Phi) is 3.44. The molecule has 0 atom stereocenters. The quantitative estimate of drug-likeness (QED) is 0.706. The Balaban J connectivity index is 2.81. The van der Waals surface area contributed by atoms with Crippen LogP contribution in [0.25, 0.3) is 0 Å². The lowest BCUT2D eigenvalue weighted by Crippen LogP contribution is -2.58. The monoisotopic (exact) mass is 213 g/mol. The van der Waals surface area contributed by atoms with Gasteiger partial charge in [0.1, 0.15) is 0 Å². The summed E-state index contributed by atoms with van der Waals surface area (Å²) in [6.07, 6.45) is 3.78. The SMILES string of the molecule is CCC(=O)ON1C(C)(C)CCCC1(C)C. The first kappa shape index (κ1) is 12.5. The van der Waals surface area contributed by atoms with E-state index in [1.54, 1.807) is 0 Å². The van der Waals surface area contributed by atoms with E-state index in [9.17, 15) is 4.79 Å². The first-order valence-corrected chi connectivity index (χ1v) is 5.81. The largest absolute Gasteiger partial charge is 0.367 e. The van der Waals surface area contributed by atoms with Gasteiger partial charge in [0, 0.05) is 6.42 Å². The molecule has 0 amide bonds. The summed E-state index contributed by atoms with van der Waals surface area (Å²) in [5.41, 5.74) is -0.0981. The molecular weight excluding hydrogens is 190 g/mol. The summed E-state index contributed by atoms with van der Waals surface area (Å²) >= 11 is 0. The smallest absolute Gasteiger partial charge is 0.324 e. The molecule has 0 radical (unpaired) electrons. The molecule has 1 aliphatic rings. The van der Waals surface area contributed by atoms with Crippen molar-refractivity contribution in [3.8, 4) is 0 Å². The minimum atomic E-state index is -0.141. The number of carbonyl (C=O) groups is 1. The van der Waals surface area contributed by atoms with Crippen LogP contribution >= 0.6 is 0 Å². The molecule has 3 heteroatoms. The molecule has 1 saturated heterocycles. The summed E-state index contributed by atoms with van der Waals surface area (Å²) in [7, 11) is 0. The first-order valence-electron chi connectivity index (χ1n) is 5.81. The molecule has 0 saturated carbocycles. The Bertz CT molecular complexity index is 230. The van der Waals surface area contributed by atoms with Gasteiger partial charge >= 0.3 is 5.97 Å². The molecule has 0 aliphatic carbocycles. The van der Waals surface area contributed by atoms with Crippen molar-refractivity contribution in [2.45, 2.75) is 71.4 Å². The number of hydrogen-bond acceptors (Lipinski definition) is 3. The zero-order chi connectivity index (χ0) is 11.7. The number of hydrogen-bond donors (Lipinski definition) is 0. The van der Waals surface area contributed by atoms with E-state index >= 15 is 0 Å². The van der Waals surface area contributed by atoms with Gasteiger partial charge in [-0.15, -0.1) is 5.06 Å². The van der Waals surface area contributed by atoms with E-state index in [2.05, 4.69) is 27.7 Å².